The standard InChI is InChI=1S/C23H20F3N3O5S/c24-23(25,26)18-3-1-2-16-20-17(13-35(32,33)21(16)18)19(22(30)31)27-29(20)15-6-4-14(5-7-15)12-28-8-10-34-11-9-28/h1-7H,8-13H2,(H,30,31). The lowest BCUT2D eigenvalue weighted by Crippen LogP contribution is -2.35. The molecule has 8 nitrogen and oxygen atoms in total. The van der Waals surface area contributed by atoms with Crippen LogP contribution in [0.4, 0.5) is 13.2 Å². The van der Waals surface area contributed by atoms with Gasteiger partial charge in [0.25, 0.3) is 0 Å². The third-order valence-corrected chi connectivity index (χ3v) is 7.83. The van der Waals surface area contributed by atoms with Crippen LogP contribution in [0, 0.1) is 0 Å². The van der Waals surface area contributed by atoms with Crippen molar-refractivity contribution in [2.45, 2.75) is 23.4 Å². The number of aromatic nitrogens is 2. The molecule has 12 heteroatoms. The van der Waals surface area contributed by atoms with Crippen LogP contribution in [-0.4, -0.2) is 60.5 Å². The Labute approximate surface area is 198 Å². The van der Waals surface area contributed by atoms with Crippen LogP contribution >= 0.6 is 0 Å². The second-order valence-electron chi connectivity index (χ2n) is 8.39. The van der Waals surface area contributed by atoms with Gasteiger partial charge in [0.2, 0.25) is 0 Å². The van der Waals surface area contributed by atoms with E-state index in [4.69, 9.17) is 4.74 Å². The highest BCUT2D eigenvalue weighted by atomic mass is 32.2. The second-order valence-corrected chi connectivity index (χ2v) is 10.3. The number of aromatic carboxylic acids is 1. The minimum atomic E-state index is -4.91. The van der Waals surface area contributed by atoms with Gasteiger partial charge in [0.15, 0.2) is 15.5 Å². The van der Waals surface area contributed by atoms with Crippen molar-refractivity contribution < 1.29 is 36.2 Å². The fourth-order valence-electron chi connectivity index (χ4n) is 4.53. The van der Waals surface area contributed by atoms with Crippen molar-refractivity contribution in [1.29, 1.82) is 0 Å². The summed E-state index contributed by atoms with van der Waals surface area (Å²) in [5.74, 6) is -2.35. The highest BCUT2D eigenvalue weighted by Crippen LogP contribution is 2.46. The molecule has 5 rings (SSSR count). The normalized spacial score (nSPS) is 17.6. The van der Waals surface area contributed by atoms with Gasteiger partial charge < -0.3 is 9.84 Å². The first-order valence-electron chi connectivity index (χ1n) is 10.7. The molecule has 1 N–H and O–H groups in total. The van der Waals surface area contributed by atoms with Gasteiger partial charge in [-0.05, 0) is 23.8 Å². The summed E-state index contributed by atoms with van der Waals surface area (Å²) in [5, 5.41) is 13.8. The van der Waals surface area contributed by atoms with Crippen LogP contribution < -0.4 is 0 Å². The van der Waals surface area contributed by atoms with Gasteiger partial charge in [0, 0.05) is 30.8 Å². The molecule has 1 saturated heterocycles. The summed E-state index contributed by atoms with van der Waals surface area (Å²) in [6, 6.07) is 10.1. The van der Waals surface area contributed by atoms with Gasteiger partial charge in [-0.1, -0.05) is 24.3 Å². The summed E-state index contributed by atoms with van der Waals surface area (Å²) in [6.07, 6.45) is -4.91. The maximum atomic E-state index is 13.7. The topological polar surface area (TPSA) is 102 Å². The van der Waals surface area contributed by atoms with Gasteiger partial charge >= 0.3 is 12.1 Å². The average Bonchev–Trinajstić information content (AvgIpc) is 3.18. The Balaban J connectivity index is 1.64. The number of alkyl halides is 3. The Hall–Kier alpha value is -3.22. The molecule has 2 aliphatic rings. The van der Waals surface area contributed by atoms with E-state index < -0.39 is 43.9 Å². The zero-order valence-electron chi connectivity index (χ0n) is 18.2. The van der Waals surface area contributed by atoms with Crippen molar-refractivity contribution in [3.8, 4) is 16.9 Å². The molecule has 2 aliphatic heterocycles. The molecule has 0 unspecified atom stereocenters. The number of nitrogens with zero attached hydrogens (tertiary/aromatic N) is 3. The Morgan fingerprint density at radius 3 is 2.40 bits per heavy atom. The number of sulfone groups is 1. The molecule has 1 fully saturated rings. The summed E-state index contributed by atoms with van der Waals surface area (Å²) < 4.78 is 73.5. The molecule has 184 valence electrons. The van der Waals surface area contributed by atoms with E-state index in [0.717, 1.165) is 24.7 Å². The molecule has 0 aliphatic carbocycles. The lowest BCUT2D eigenvalue weighted by Gasteiger charge is -2.26. The molecule has 0 saturated carbocycles. The van der Waals surface area contributed by atoms with E-state index in [9.17, 15) is 31.5 Å². The molecule has 0 radical (unpaired) electrons. The van der Waals surface area contributed by atoms with Gasteiger partial charge in [-0.25, -0.2) is 17.9 Å². The predicted octanol–water partition coefficient (Wildman–Crippen LogP) is 3.38. The Morgan fingerprint density at radius 2 is 1.77 bits per heavy atom. The van der Waals surface area contributed by atoms with E-state index in [2.05, 4.69) is 10.00 Å². The van der Waals surface area contributed by atoms with E-state index in [1.54, 1.807) is 12.1 Å². The lowest BCUT2D eigenvalue weighted by molar-refractivity contribution is -0.139. The van der Waals surface area contributed by atoms with Crippen LogP contribution in [-0.2, 0) is 33.0 Å². The Bertz CT molecular complexity index is 1410. The van der Waals surface area contributed by atoms with Crippen LogP contribution in [0.25, 0.3) is 16.9 Å². The number of halogens is 3. The number of hydrogen-bond acceptors (Lipinski definition) is 6. The molecular formula is C23H20F3N3O5S. The largest absolute Gasteiger partial charge is 0.476 e. The van der Waals surface area contributed by atoms with Crippen molar-refractivity contribution in [2.75, 3.05) is 26.3 Å². The van der Waals surface area contributed by atoms with Crippen LogP contribution in [0.5, 0.6) is 0 Å². The lowest BCUT2D eigenvalue weighted by atomic mass is 10.0. The smallest absolute Gasteiger partial charge is 0.417 e. The van der Waals surface area contributed by atoms with E-state index in [1.165, 1.54) is 10.7 Å². The van der Waals surface area contributed by atoms with Crippen molar-refractivity contribution >= 4 is 15.8 Å². The maximum Gasteiger partial charge on any atom is 0.417 e. The third-order valence-electron chi connectivity index (χ3n) is 6.10. The van der Waals surface area contributed by atoms with Crippen LogP contribution in [0.3, 0.4) is 0 Å². The monoisotopic (exact) mass is 507 g/mol. The fourth-order valence-corrected chi connectivity index (χ4v) is 6.34. The number of hydrogen-bond donors (Lipinski definition) is 1. The summed E-state index contributed by atoms with van der Waals surface area (Å²) in [5.41, 5.74) is -0.741. The molecule has 0 atom stereocenters. The quantitative estimate of drug-likeness (QED) is 0.578. The van der Waals surface area contributed by atoms with Crippen molar-refractivity contribution in [3.63, 3.8) is 0 Å². The average molecular weight is 507 g/mol. The van der Waals surface area contributed by atoms with Gasteiger partial charge in [-0.3, -0.25) is 4.90 Å². The molecule has 3 aromatic rings. The number of carboxylic acids is 1. The van der Waals surface area contributed by atoms with Crippen LogP contribution in [0.2, 0.25) is 0 Å². The highest BCUT2D eigenvalue weighted by Gasteiger charge is 2.43. The molecule has 0 amide bonds. The first kappa shape index (κ1) is 23.5. The SMILES string of the molecule is O=C(O)c1nn(-c2ccc(CN3CCOCC3)cc2)c2c1CS(=O)(=O)c1c-2cccc1C(F)(F)F. The maximum absolute atomic E-state index is 13.7. The number of carbonyl (C=O) groups is 1. The van der Waals surface area contributed by atoms with Crippen LogP contribution in [0.1, 0.15) is 27.2 Å². The van der Waals surface area contributed by atoms with Gasteiger partial charge in [0.05, 0.1) is 40.8 Å². The van der Waals surface area contributed by atoms with E-state index in [1.807, 2.05) is 12.1 Å². The number of fused-ring (bicyclic) bond motifs is 3. The van der Waals surface area contributed by atoms with Crippen LogP contribution in [0.15, 0.2) is 47.4 Å². The second kappa shape index (κ2) is 8.47. The van der Waals surface area contributed by atoms with E-state index >= 15 is 0 Å². The van der Waals surface area contributed by atoms with E-state index in [0.29, 0.717) is 31.5 Å². The summed E-state index contributed by atoms with van der Waals surface area (Å²) in [4.78, 5) is 13.2. The molecule has 35 heavy (non-hydrogen) atoms. The number of carboxylic acid groups (broad SMARTS) is 1. The molecule has 2 aromatic carbocycles. The highest BCUT2D eigenvalue weighted by molar-refractivity contribution is 7.91. The summed E-state index contributed by atoms with van der Waals surface area (Å²) in [7, 11) is -4.47. The minimum Gasteiger partial charge on any atom is -0.476 e. The Kier molecular flexibility index (Phi) is 5.69. The zero-order chi connectivity index (χ0) is 25.0. The molecule has 1 aromatic heterocycles. The number of benzene rings is 2. The van der Waals surface area contributed by atoms with Gasteiger partial charge in [-0.15, -0.1) is 0 Å². The Morgan fingerprint density at radius 1 is 1.09 bits per heavy atom. The fraction of sp³-hybridized carbons (Fsp3) is 0.304. The molecule has 0 spiro atoms. The zero-order valence-corrected chi connectivity index (χ0v) is 19.1. The molecule has 0 bridgehead atoms. The van der Waals surface area contributed by atoms with E-state index in [-0.39, 0.29) is 16.8 Å². The number of morpholine rings is 1. The summed E-state index contributed by atoms with van der Waals surface area (Å²) in [6.45, 7) is 3.57. The minimum absolute atomic E-state index is 0.0271. The van der Waals surface area contributed by atoms with Crippen molar-refractivity contribution in [3.05, 3.63) is 64.8 Å². The predicted molar refractivity (Wildman–Crippen MR) is 118 cm³/mol. The summed E-state index contributed by atoms with van der Waals surface area (Å²) >= 11 is 0. The van der Waals surface area contributed by atoms with Crippen molar-refractivity contribution in [2.24, 2.45) is 0 Å². The third kappa shape index (κ3) is 4.21. The molecular weight excluding hydrogens is 487 g/mol. The number of rotatable bonds is 4. The number of ether oxygens (including phenoxy) is 1. The molecule has 3 heterocycles. The first-order chi connectivity index (χ1) is 16.6. The first-order valence-corrected chi connectivity index (χ1v) is 12.4. The van der Waals surface area contributed by atoms with Crippen molar-refractivity contribution in [1.82, 2.24) is 14.7 Å². The van der Waals surface area contributed by atoms with Gasteiger partial charge in [-0.2, -0.15) is 18.3 Å². The van der Waals surface area contributed by atoms with Gasteiger partial charge in [0.1, 0.15) is 0 Å².